The smallest absolute Gasteiger partial charge is 0.296 e. The third-order valence-electron chi connectivity index (χ3n) is 1.67. The summed E-state index contributed by atoms with van der Waals surface area (Å²) >= 11 is 0. The lowest BCUT2D eigenvalue weighted by molar-refractivity contribution is 0.101. The van der Waals surface area contributed by atoms with E-state index in [1.54, 1.807) is 19.9 Å². The number of aryl methyl sites for hydroxylation is 2. The van der Waals surface area contributed by atoms with Gasteiger partial charge < -0.3 is 9.84 Å². The number of amides is 1. The lowest BCUT2D eigenvalue weighted by Crippen LogP contribution is -2.13. The minimum absolute atomic E-state index is 0.0770. The van der Waals surface area contributed by atoms with Crippen LogP contribution in [-0.4, -0.2) is 26.2 Å². The summed E-state index contributed by atoms with van der Waals surface area (Å²) in [7, 11) is 0. The molecule has 0 bridgehead atoms. The summed E-state index contributed by atoms with van der Waals surface area (Å²) in [5.74, 6) is 1.20. The molecule has 0 aliphatic carbocycles. The van der Waals surface area contributed by atoms with E-state index < -0.39 is 5.91 Å². The van der Waals surface area contributed by atoms with Crippen LogP contribution >= 0.6 is 0 Å². The quantitative estimate of drug-likeness (QED) is 0.754. The van der Waals surface area contributed by atoms with Crippen molar-refractivity contribution in [1.82, 2.24) is 20.3 Å². The number of nitrogens with zero attached hydrogens (tertiary/aromatic N) is 3. The van der Waals surface area contributed by atoms with Crippen LogP contribution in [0.1, 0.15) is 22.2 Å². The molecule has 2 aromatic heterocycles. The zero-order valence-corrected chi connectivity index (χ0v) is 8.24. The summed E-state index contributed by atoms with van der Waals surface area (Å²) in [5, 5.41) is 12.4. The predicted molar refractivity (Wildman–Crippen MR) is 50.3 cm³/mol. The molecule has 2 N–H and O–H groups in total. The first kappa shape index (κ1) is 9.38. The molecule has 0 fully saturated rings. The van der Waals surface area contributed by atoms with Gasteiger partial charge in [0, 0.05) is 6.07 Å². The first-order valence-electron chi connectivity index (χ1n) is 4.29. The van der Waals surface area contributed by atoms with Gasteiger partial charge in [-0.05, 0) is 13.8 Å². The molecule has 7 heteroatoms. The van der Waals surface area contributed by atoms with Crippen molar-refractivity contribution in [3.05, 3.63) is 23.5 Å². The number of carbonyl (C=O) groups is 1. The number of carbonyl (C=O) groups excluding carboxylic acids is 1. The van der Waals surface area contributed by atoms with Gasteiger partial charge in [0.1, 0.15) is 11.6 Å². The molecule has 78 valence electrons. The fraction of sp³-hybridized carbons (Fsp3) is 0.250. The number of nitrogens with one attached hydrogen (secondary N) is 2. The molecule has 0 atom stereocenters. The Hall–Kier alpha value is -2.18. The Morgan fingerprint density at radius 3 is 2.87 bits per heavy atom. The minimum Gasteiger partial charge on any atom is -0.360 e. The summed E-state index contributed by atoms with van der Waals surface area (Å²) in [6.07, 6.45) is 0. The highest BCUT2D eigenvalue weighted by Crippen LogP contribution is 2.07. The molecule has 0 radical (unpaired) electrons. The van der Waals surface area contributed by atoms with Crippen LogP contribution in [0, 0.1) is 13.8 Å². The van der Waals surface area contributed by atoms with E-state index in [2.05, 4.69) is 25.7 Å². The second kappa shape index (κ2) is 3.52. The van der Waals surface area contributed by atoms with Crippen molar-refractivity contribution in [2.24, 2.45) is 0 Å². The Bertz CT molecular complexity index is 487. The maximum Gasteiger partial charge on any atom is 0.296 e. The molecule has 0 aliphatic heterocycles. The van der Waals surface area contributed by atoms with Crippen molar-refractivity contribution in [3.8, 4) is 0 Å². The molecule has 0 spiro atoms. The minimum atomic E-state index is -0.423. The van der Waals surface area contributed by atoms with Gasteiger partial charge in [-0.3, -0.25) is 9.89 Å². The van der Waals surface area contributed by atoms with Crippen LogP contribution < -0.4 is 5.32 Å². The first-order chi connectivity index (χ1) is 7.15. The van der Waals surface area contributed by atoms with Crippen molar-refractivity contribution in [2.45, 2.75) is 13.8 Å². The average Bonchev–Trinajstić information content (AvgIpc) is 2.75. The van der Waals surface area contributed by atoms with Gasteiger partial charge >= 0.3 is 0 Å². The Labute approximate surface area is 84.9 Å². The van der Waals surface area contributed by atoms with Gasteiger partial charge in [0.2, 0.25) is 5.82 Å². The molecule has 0 saturated heterocycles. The van der Waals surface area contributed by atoms with Crippen molar-refractivity contribution in [2.75, 3.05) is 5.32 Å². The standard InChI is InChI=1S/C8H9N5O2/c1-4-3-6(13-15-4)10-8(14)7-9-5(2)11-12-7/h3H,1-2H3,(H,9,11,12)(H,10,13,14). The molecule has 1 amide bonds. The van der Waals surface area contributed by atoms with E-state index in [9.17, 15) is 4.79 Å². The van der Waals surface area contributed by atoms with E-state index in [0.29, 0.717) is 17.4 Å². The number of anilines is 1. The van der Waals surface area contributed by atoms with Crippen LogP contribution in [0.25, 0.3) is 0 Å². The fourth-order valence-corrected chi connectivity index (χ4v) is 1.04. The average molecular weight is 207 g/mol. The Morgan fingerprint density at radius 1 is 1.53 bits per heavy atom. The summed E-state index contributed by atoms with van der Waals surface area (Å²) in [4.78, 5) is 15.4. The van der Waals surface area contributed by atoms with Gasteiger partial charge in [-0.25, -0.2) is 4.98 Å². The van der Waals surface area contributed by atoms with Crippen LogP contribution in [0.4, 0.5) is 5.82 Å². The molecule has 0 saturated carbocycles. The number of rotatable bonds is 2. The molecule has 0 aliphatic rings. The molecule has 2 aromatic rings. The highest BCUT2D eigenvalue weighted by molar-refractivity contribution is 6.00. The van der Waals surface area contributed by atoms with Crippen LogP contribution in [0.3, 0.4) is 0 Å². The second-order valence-electron chi connectivity index (χ2n) is 3.02. The van der Waals surface area contributed by atoms with Gasteiger partial charge in [-0.2, -0.15) is 0 Å². The predicted octanol–water partition coefficient (Wildman–Crippen LogP) is 0.662. The molecule has 2 heterocycles. The van der Waals surface area contributed by atoms with Crippen molar-refractivity contribution >= 4 is 11.7 Å². The van der Waals surface area contributed by atoms with Crippen LogP contribution in [0.5, 0.6) is 0 Å². The zero-order chi connectivity index (χ0) is 10.8. The molecular formula is C8H9N5O2. The molecular weight excluding hydrogens is 198 g/mol. The topological polar surface area (TPSA) is 96.7 Å². The van der Waals surface area contributed by atoms with Gasteiger partial charge in [0.25, 0.3) is 5.91 Å². The maximum absolute atomic E-state index is 11.5. The maximum atomic E-state index is 11.5. The zero-order valence-electron chi connectivity index (χ0n) is 8.24. The molecule has 2 rings (SSSR count). The molecule has 0 unspecified atom stereocenters. The Morgan fingerprint density at radius 2 is 2.33 bits per heavy atom. The molecule has 0 aromatic carbocycles. The highest BCUT2D eigenvalue weighted by Gasteiger charge is 2.12. The SMILES string of the molecule is Cc1nc(C(=O)Nc2cc(C)on2)n[nH]1. The van der Waals surface area contributed by atoms with Crippen molar-refractivity contribution in [3.63, 3.8) is 0 Å². The largest absolute Gasteiger partial charge is 0.360 e. The van der Waals surface area contributed by atoms with E-state index in [4.69, 9.17) is 4.52 Å². The van der Waals surface area contributed by atoms with Crippen LogP contribution in [0.15, 0.2) is 10.6 Å². The number of aromatic amines is 1. The summed E-state index contributed by atoms with van der Waals surface area (Å²) < 4.78 is 4.79. The van der Waals surface area contributed by atoms with Gasteiger partial charge in [0.15, 0.2) is 5.82 Å². The third kappa shape index (κ3) is 2.01. The van der Waals surface area contributed by atoms with Crippen LogP contribution in [0.2, 0.25) is 0 Å². The highest BCUT2D eigenvalue weighted by atomic mass is 16.5. The summed E-state index contributed by atoms with van der Waals surface area (Å²) in [6.45, 7) is 3.45. The molecule has 15 heavy (non-hydrogen) atoms. The lowest BCUT2D eigenvalue weighted by atomic mass is 10.4. The summed E-state index contributed by atoms with van der Waals surface area (Å²) in [5.41, 5.74) is 0. The van der Waals surface area contributed by atoms with Gasteiger partial charge in [0.05, 0.1) is 0 Å². The summed E-state index contributed by atoms with van der Waals surface area (Å²) in [6, 6.07) is 1.61. The van der Waals surface area contributed by atoms with E-state index in [0.717, 1.165) is 0 Å². The third-order valence-corrected chi connectivity index (χ3v) is 1.67. The van der Waals surface area contributed by atoms with E-state index >= 15 is 0 Å². The van der Waals surface area contributed by atoms with Crippen molar-refractivity contribution in [1.29, 1.82) is 0 Å². The fourth-order valence-electron chi connectivity index (χ4n) is 1.04. The van der Waals surface area contributed by atoms with Gasteiger partial charge in [-0.1, -0.05) is 5.16 Å². The lowest BCUT2D eigenvalue weighted by Gasteiger charge is -1.94. The monoisotopic (exact) mass is 207 g/mol. The van der Waals surface area contributed by atoms with Crippen molar-refractivity contribution < 1.29 is 9.32 Å². The number of aromatic nitrogens is 4. The number of H-pyrrole nitrogens is 1. The Kier molecular flexibility index (Phi) is 2.20. The van der Waals surface area contributed by atoms with E-state index in [1.165, 1.54) is 0 Å². The van der Waals surface area contributed by atoms with Crippen LogP contribution in [-0.2, 0) is 0 Å². The van der Waals surface area contributed by atoms with E-state index in [-0.39, 0.29) is 5.82 Å². The van der Waals surface area contributed by atoms with E-state index in [1.807, 2.05) is 0 Å². The molecule has 7 nitrogen and oxygen atoms in total. The number of hydrogen-bond acceptors (Lipinski definition) is 5. The Balaban J connectivity index is 2.10. The second-order valence-corrected chi connectivity index (χ2v) is 3.02. The van der Waals surface area contributed by atoms with Gasteiger partial charge in [-0.15, -0.1) is 5.10 Å². The normalized spacial score (nSPS) is 10.3. The number of hydrogen-bond donors (Lipinski definition) is 2. The first-order valence-corrected chi connectivity index (χ1v) is 4.29.